The third-order valence-electron chi connectivity index (χ3n) is 3.86. The molecule has 5 heteroatoms. The van der Waals surface area contributed by atoms with Crippen molar-refractivity contribution < 1.29 is 18.8 Å². The van der Waals surface area contributed by atoms with Gasteiger partial charge in [0, 0.05) is 12.0 Å². The largest absolute Gasteiger partial charge is 0.503 e. The molecule has 0 amide bonds. The summed E-state index contributed by atoms with van der Waals surface area (Å²) >= 11 is 0. The van der Waals surface area contributed by atoms with E-state index in [1.54, 1.807) is 0 Å². The fourth-order valence-corrected chi connectivity index (χ4v) is 2.46. The molecule has 1 aliphatic rings. The highest BCUT2D eigenvalue weighted by Crippen LogP contribution is 2.39. The van der Waals surface area contributed by atoms with Gasteiger partial charge in [0.2, 0.25) is 0 Å². The number of aromatic nitrogens is 1. The van der Waals surface area contributed by atoms with Gasteiger partial charge in [-0.2, -0.15) is 0 Å². The lowest BCUT2D eigenvalue weighted by atomic mass is 10.00. The van der Waals surface area contributed by atoms with Crippen molar-refractivity contribution >= 4 is 23.7 Å². The van der Waals surface area contributed by atoms with Gasteiger partial charge in [-0.25, -0.2) is 4.79 Å². The van der Waals surface area contributed by atoms with Gasteiger partial charge in [0.15, 0.2) is 5.76 Å². The van der Waals surface area contributed by atoms with E-state index >= 15 is 0 Å². The molecule has 0 saturated heterocycles. The van der Waals surface area contributed by atoms with Crippen molar-refractivity contribution in [1.82, 2.24) is 5.16 Å². The lowest BCUT2D eigenvalue weighted by Crippen LogP contribution is -2.05. The molecule has 1 aromatic carbocycles. The topological polar surface area (TPSA) is 61.6 Å². The van der Waals surface area contributed by atoms with Gasteiger partial charge in [0.1, 0.15) is 5.57 Å². The Bertz CT molecular complexity index is 784. The number of esters is 1. The SMILES string of the molecule is COC=C(C(=O)OC)c1ccccc1C=Cc1cc(C2CC2)no1. The third-order valence-corrected chi connectivity index (χ3v) is 3.86. The van der Waals surface area contributed by atoms with Crippen LogP contribution >= 0.6 is 0 Å². The Morgan fingerprint density at radius 3 is 2.75 bits per heavy atom. The maximum absolute atomic E-state index is 12.0. The maximum atomic E-state index is 12.0. The summed E-state index contributed by atoms with van der Waals surface area (Å²) in [4.78, 5) is 12.0. The van der Waals surface area contributed by atoms with Crippen LogP contribution < -0.4 is 0 Å². The van der Waals surface area contributed by atoms with E-state index in [0.717, 1.165) is 16.8 Å². The molecule has 0 atom stereocenters. The van der Waals surface area contributed by atoms with Crippen molar-refractivity contribution in [2.45, 2.75) is 18.8 Å². The molecule has 1 saturated carbocycles. The van der Waals surface area contributed by atoms with Crippen molar-refractivity contribution in [2.24, 2.45) is 0 Å². The summed E-state index contributed by atoms with van der Waals surface area (Å²) in [5.41, 5.74) is 2.95. The van der Waals surface area contributed by atoms with Crippen LogP contribution in [0.25, 0.3) is 17.7 Å². The average molecular weight is 325 g/mol. The fraction of sp³-hybridized carbons (Fsp3) is 0.263. The summed E-state index contributed by atoms with van der Waals surface area (Å²) in [7, 11) is 2.84. The Morgan fingerprint density at radius 1 is 1.25 bits per heavy atom. The van der Waals surface area contributed by atoms with Gasteiger partial charge in [0.05, 0.1) is 26.2 Å². The Morgan fingerprint density at radius 2 is 2.04 bits per heavy atom. The highest BCUT2D eigenvalue weighted by atomic mass is 16.5. The molecule has 1 aromatic heterocycles. The first kappa shape index (κ1) is 16.1. The van der Waals surface area contributed by atoms with Gasteiger partial charge in [-0.1, -0.05) is 35.5 Å². The quantitative estimate of drug-likeness (QED) is 0.458. The molecule has 124 valence electrons. The minimum absolute atomic E-state index is 0.358. The third kappa shape index (κ3) is 3.56. The predicted molar refractivity (Wildman–Crippen MR) is 90.9 cm³/mol. The van der Waals surface area contributed by atoms with Gasteiger partial charge in [-0.3, -0.25) is 0 Å². The highest BCUT2D eigenvalue weighted by Gasteiger charge is 2.26. The highest BCUT2D eigenvalue weighted by molar-refractivity contribution is 6.17. The van der Waals surface area contributed by atoms with Gasteiger partial charge in [-0.05, 0) is 30.0 Å². The van der Waals surface area contributed by atoms with E-state index in [9.17, 15) is 4.79 Å². The van der Waals surface area contributed by atoms with Crippen LogP contribution in [-0.2, 0) is 14.3 Å². The van der Waals surface area contributed by atoms with Crippen LogP contribution in [0, 0.1) is 0 Å². The van der Waals surface area contributed by atoms with E-state index in [0.29, 0.717) is 17.3 Å². The zero-order valence-corrected chi connectivity index (χ0v) is 13.7. The van der Waals surface area contributed by atoms with Gasteiger partial charge in [0.25, 0.3) is 0 Å². The molecule has 1 heterocycles. The summed E-state index contributed by atoms with van der Waals surface area (Å²) in [6, 6.07) is 9.48. The first-order chi connectivity index (χ1) is 11.7. The molecule has 0 radical (unpaired) electrons. The van der Waals surface area contributed by atoms with Crippen molar-refractivity contribution in [2.75, 3.05) is 14.2 Å². The molecule has 0 N–H and O–H groups in total. The summed E-state index contributed by atoms with van der Waals surface area (Å²) in [6.07, 6.45) is 7.49. The lowest BCUT2D eigenvalue weighted by molar-refractivity contribution is -0.133. The fourth-order valence-electron chi connectivity index (χ4n) is 2.46. The summed E-state index contributed by atoms with van der Waals surface area (Å²) in [5.74, 6) is 0.800. The van der Waals surface area contributed by atoms with Crippen molar-refractivity contribution in [3.63, 3.8) is 0 Å². The van der Waals surface area contributed by atoms with Crippen LogP contribution in [0.3, 0.4) is 0 Å². The summed E-state index contributed by atoms with van der Waals surface area (Å²) in [6.45, 7) is 0. The molecule has 0 unspecified atom stereocenters. The summed E-state index contributed by atoms with van der Waals surface area (Å²) in [5, 5.41) is 4.09. The standard InChI is InChI=1S/C19H19NO4/c1-22-12-17(19(21)23-2)16-6-4-3-5-13(16)9-10-15-11-18(20-24-15)14-7-8-14/h3-6,9-12,14H,7-8H2,1-2H3. The van der Waals surface area contributed by atoms with E-state index in [2.05, 4.69) is 5.16 Å². The van der Waals surface area contributed by atoms with E-state index in [4.69, 9.17) is 14.0 Å². The normalized spacial score (nSPS) is 14.8. The van der Waals surface area contributed by atoms with E-state index in [-0.39, 0.29) is 0 Å². The number of hydrogen-bond donors (Lipinski definition) is 0. The number of ether oxygens (including phenoxy) is 2. The predicted octanol–water partition coefficient (Wildman–Crippen LogP) is 3.88. The zero-order chi connectivity index (χ0) is 16.9. The molecule has 2 aromatic rings. The molecule has 0 bridgehead atoms. The van der Waals surface area contributed by atoms with Gasteiger partial charge >= 0.3 is 5.97 Å². The molecule has 5 nitrogen and oxygen atoms in total. The Balaban J connectivity index is 1.88. The number of benzene rings is 1. The number of hydrogen-bond acceptors (Lipinski definition) is 5. The van der Waals surface area contributed by atoms with E-state index < -0.39 is 5.97 Å². The first-order valence-electron chi connectivity index (χ1n) is 7.78. The second-order valence-electron chi connectivity index (χ2n) is 5.61. The number of carbonyl (C=O) groups is 1. The first-order valence-corrected chi connectivity index (χ1v) is 7.78. The number of methoxy groups -OCH3 is 2. The minimum Gasteiger partial charge on any atom is -0.503 e. The smallest absolute Gasteiger partial charge is 0.341 e. The maximum Gasteiger partial charge on any atom is 0.341 e. The van der Waals surface area contributed by atoms with Crippen molar-refractivity contribution in [1.29, 1.82) is 0 Å². The van der Waals surface area contributed by atoms with Crippen LogP contribution in [0.2, 0.25) is 0 Å². The average Bonchev–Trinajstić information content (AvgIpc) is 3.36. The minimum atomic E-state index is -0.451. The Kier molecular flexibility index (Phi) is 4.79. The molecule has 0 spiro atoms. The van der Waals surface area contributed by atoms with Crippen LogP contribution in [0.5, 0.6) is 0 Å². The summed E-state index contributed by atoms with van der Waals surface area (Å²) < 4.78 is 15.2. The second-order valence-corrected chi connectivity index (χ2v) is 5.61. The number of nitrogens with zero attached hydrogens (tertiary/aromatic N) is 1. The molecule has 1 fully saturated rings. The van der Waals surface area contributed by atoms with Crippen LogP contribution in [0.4, 0.5) is 0 Å². The molecule has 0 aliphatic heterocycles. The zero-order valence-electron chi connectivity index (χ0n) is 13.7. The number of rotatable bonds is 6. The molecule has 3 rings (SSSR count). The Hall–Kier alpha value is -2.82. The monoisotopic (exact) mass is 325 g/mol. The van der Waals surface area contributed by atoms with Crippen LogP contribution in [0.15, 0.2) is 41.1 Å². The van der Waals surface area contributed by atoms with Crippen LogP contribution in [-0.4, -0.2) is 25.3 Å². The van der Waals surface area contributed by atoms with E-state index in [1.165, 1.54) is 33.3 Å². The van der Waals surface area contributed by atoms with Crippen molar-refractivity contribution in [3.8, 4) is 0 Å². The number of carbonyl (C=O) groups excluding carboxylic acids is 1. The lowest BCUT2D eigenvalue weighted by Gasteiger charge is -2.08. The molecule has 24 heavy (non-hydrogen) atoms. The molecular weight excluding hydrogens is 306 g/mol. The molecular formula is C19H19NO4. The van der Waals surface area contributed by atoms with Gasteiger partial charge < -0.3 is 14.0 Å². The van der Waals surface area contributed by atoms with E-state index in [1.807, 2.05) is 42.5 Å². The van der Waals surface area contributed by atoms with Crippen molar-refractivity contribution in [3.05, 3.63) is 59.2 Å². The van der Waals surface area contributed by atoms with Crippen LogP contribution in [0.1, 0.15) is 41.3 Å². The van der Waals surface area contributed by atoms with Gasteiger partial charge in [-0.15, -0.1) is 0 Å². The Labute approximate surface area is 140 Å². The molecule has 1 aliphatic carbocycles. The second kappa shape index (κ2) is 7.17.